The maximum atomic E-state index is 12.6. The van der Waals surface area contributed by atoms with Gasteiger partial charge in [-0.25, -0.2) is 4.98 Å². The van der Waals surface area contributed by atoms with Gasteiger partial charge in [-0.05, 0) is 49.2 Å². The first-order chi connectivity index (χ1) is 16.5. The van der Waals surface area contributed by atoms with Crippen molar-refractivity contribution in [2.45, 2.75) is 19.8 Å². The molecule has 0 atom stereocenters. The number of nitrogens with zero attached hydrogens (tertiary/aromatic N) is 3. The van der Waals surface area contributed by atoms with Crippen LogP contribution in [-0.4, -0.2) is 42.0 Å². The molecule has 0 saturated carbocycles. The van der Waals surface area contributed by atoms with E-state index in [0.29, 0.717) is 35.3 Å². The van der Waals surface area contributed by atoms with E-state index in [4.69, 9.17) is 19.2 Å². The Morgan fingerprint density at radius 3 is 2.47 bits per heavy atom. The van der Waals surface area contributed by atoms with Crippen LogP contribution in [0.25, 0.3) is 16.4 Å². The molecule has 0 fully saturated rings. The molecule has 2 aromatic carbocycles. The number of anilines is 1. The number of carbonyl (C=O) groups excluding carboxylic acids is 1. The number of ether oxygens (including phenoxy) is 3. The minimum Gasteiger partial charge on any atom is -0.497 e. The molecule has 2 heterocycles. The first kappa shape index (κ1) is 23.3. The molecule has 4 rings (SSSR count). The van der Waals surface area contributed by atoms with E-state index in [-0.39, 0.29) is 5.91 Å². The summed E-state index contributed by atoms with van der Waals surface area (Å²) in [6.07, 6.45) is 0.981. The van der Waals surface area contributed by atoms with Gasteiger partial charge in [-0.15, -0.1) is 11.3 Å². The van der Waals surface area contributed by atoms with Crippen LogP contribution >= 0.6 is 11.3 Å². The summed E-state index contributed by atoms with van der Waals surface area (Å²) in [5.41, 5.74) is 3.54. The van der Waals surface area contributed by atoms with Gasteiger partial charge in [0.15, 0.2) is 11.5 Å². The molecule has 34 heavy (non-hydrogen) atoms. The highest BCUT2D eigenvalue weighted by Gasteiger charge is 2.15. The number of methoxy groups -OCH3 is 3. The van der Waals surface area contributed by atoms with E-state index in [1.165, 1.54) is 11.3 Å². The Balaban J connectivity index is 1.48. The van der Waals surface area contributed by atoms with Crippen molar-refractivity contribution in [3.63, 3.8) is 0 Å². The molecule has 176 valence electrons. The second kappa shape index (κ2) is 10.4. The van der Waals surface area contributed by atoms with Gasteiger partial charge in [0.25, 0.3) is 0 Å². The lowest BCUT2D eigenvalue weighted by atomic mass is 10.1. The Labute approximate surface area is 202 Å². The zero-order valence-corrected chi connectivity index (χ0v) is 20.3. The lowest BCUT2D eigenvalue weighted by Crippen LogP contribution is -2.15. The minimum absolute atomic E-state index is 0.0892. The summed E-state index contributed by atoms with van der Waals surface area (Å²) in [4.78, 5) is 17.4. The number of carbonyl (C=O) groups is 1. The van der Waals surface area contributed by atoms with Gasteiger partial charge in [-0.1, -0.05) is 12.1 Å². The van der Waals surface area contributed by atoms with Crippen LogP contribution < -0.4 is 19.5 Å². The van der Waals surface area contributed by atoms with Crippen molar-refractivity contribution in [1.82, 2.24) is 14.8 Å². The number of hydrogen-bond donors (Lipinski definition) is 1. The van der Waals surface area contributed by atoms with Crippen molar-refractivity contribution in [2.24, 2.45) is 0 Å². The van der Waals surface area contributed by atoms with Crippen molar-refractivity contribution in [3.8, 4) is 33.6 Å². The number of nitrogens with one attached hydrogen (secondary N) is 1. The molecule has 2 aromatic heterocycles. The summed E-state index contributed by atoms with van der Waals surface area (Å²) in [6, 6.07) is 15.2. The monoisotopic (exact) mass is 478 g/mol. The summed E-state index contributed by atoms with van der Waals surface area (Å²) in [7, 11) is 4.84. The van der Waals surface area contributed by atoms with Gasteiger partial charge in [0.2, 0.25) is 11.0 Å². The number of amides is 1. The van der Waals surface area contributed by atoms with Crippen molar-refractivity contribution in [2.75, 3.05) is 26.6 Å². The molecule has 0 unspecified atom stereocenters. The van der Waals surface area contributed by atoms with Gasteiger partial charge in [0.05, 0.1) is 32.7 Å². The Kier molecular flexibility index (Phi) is 7.12. The molecule has 9 heteroatoms. The normalized spacial score (nSPS) is 10.7. The third-order valence-electron chi connectivity index (χ3n) is 5.25. The summed E-state index contributed by atoms with van der Waals surface area (Å²) in [5.74, 6) is 2.58. The second-order valence-electron chi connectivity index (χ2n) is 7.56. The zero-order valence-electron chi connectivity index (χ0n) is 19.5. The van der Waals surface area contributed by atoms with E-state index in [1.54, 1.807) is 26.0 Å². The summed E-state index contributed by atoms with van der Waals surface area (Å²) >= 11 is 1.44. The number of aryl methyl sites for hydroxylation is 2. The summed E-state index contributed by atoms with van der Waals surface area (Å²) in [6.45, 7) is 1.88. The van der Waals surface area contributed by atoms with Gasteiger partial charge in [0, 0.05) is 23.4 Å². The van der Waals surface area contributed by atoms with Gasteiger partial charge in [0.1, 0.15) is 11.6 Å². The maximum Gasteiger partial charge on any atom is 0.225 e. The number of benzene rings is 2. The number of hydrogen-bond acceptors (Lipinski definition) is 7. The van der Waals surface area contributed by atoms with Crippen LogP contribution in [0.4, 0.5) is 5.82 Å². The number of thiazole rings is 1. The van der Waals surface area contributed by atoms with Gasteiger partial charge in [-0.2, -0.15) is 9.78 Å². The predicted octanol–water partition coefficient (Wildman–Crippen LogP) is 4.90. The molecule has 0 spiro atoms. The smallest absolute Gasteiger partial charge is 0.225 e. The van der Waals surface area contributed by atoms with Gasteiger partial charge >= 0.3 is 0 Å². The average molecular weight is 479 g/mol. The summed E-state index contributed by atoms with van der Waals surface area (Å²) < 4.78 is 17.6. The topological polar surface area (TPSA) is 87.5 Å². The van der Waals surface area contributed by atoms with E-state index in [9.17, 15) is 4.79 Å². The van der Waals surface area contributed by atoms with E-state index >= 15 is 0 Å². The standard InChI is InChI=1S/C25H26N4O4S/c1-16-13-23(27-24(30)12-7-17-5-9-19(31-2)10-6-17)29(28-16)25-26-20(15-34-25)18-8-11-21(32-3)22(14-18)33-4/h5-6,8-11,13-15H,7,12H2,1-4H3,(H,27,30). The molecule has 0 radical (unpaired) electrons. The maximum absolute atomic E-state index is 12.6. The van der Waals surface area contributed by atoms with Crippen LogP contribution in [0.5, 0.6) is 17.2 Å². The Bertz CT molecular complexity index is 1280. The molecule has 4 aromatic rings. The first-order valence-corrected chi connectivity index (χ1v) is 11.6. The molecule has 1 N–H and O–H groups in total. The molecule has 8 nitrogen and oxygen atoms in total. The van der Waals surface area contributed by atoms with Gasteiger partial charge < -0.3 is 19.5 Å². The third kappa shape index (κ3) is 5.20. The quantitative estimate of drug-likeness (QED) is 0.368. The average Bonchev–Trinajstić information content (AvgIpc) is 3.49. The molecular formula is C25H26N4O4S. The van der Waals surface area contributed by atoms with E-state index in [0.717, 1.165) is 28.3 Å². The third-order valence-corrected chi connectivity index (χ3v) is 6.07. The van der Waals surface area contributed by atoms with Crippen LogP contribution in [0.1, 0.15) is 17.7 Å². The van der Waals surface area contributed by atoms with E-state index in [2.05, 4.69) is 10.4 Å². The van der Waals surface area contributed by atoms with Crippen LogP contribution in [0.3, 0.4) is 0 Å². The highest BCUT2D eigenvalue weighted by atomic mass is 32.1. The zero-order chi connectivity index (χ0) is 24.1. The fourth-order valence-corrected chi connectivity index (χ4v) is 4.28. The molecule has 0 bridgehead atoms. The van der Waals surface area contributed by atoms with Gasteiger partial charge in [-0.3, -0.25) is 4.79 Å². The fraction of sp³-hybridized carbons (Fsp3) is 0.240. The Morgan fingerprint density at radius 2 is 1.76 bits per heavy atom. The largest absolute Gasteiger partial charge is 0.497 e. The van der Waals surface area contributed by atoms with Crippen LogP contribution in [-0.2, 0) is 11.2 Å². The first-order valence-electron chi connectivity index (χ1n) is 10.7. The predicted molar refractivity (Wildman–Crippen MR) is 132 cm³/mol. The Morgan fingerprint density at radius 1 is 1.00 bits per heavy atom. The van der Waals surface area contributed by atoms with Crippen LogP contribution in [0.15, 0.2) is 53.9 Å². The molecular weight excluding hydrogens is 452 g/mol. The summed E-state index contributed by atoms with van der Waals surface area (Å²) in [5, 5.41) is 10.1. The minimum atomic E-state index is -0.0892. The molecule has 0 aliphatic rings. The van der Waals surface area contributed by atoms with E-state index < -0.39 is 0 Å². The lowest BCUT2D eigenvalue weighted by Gasteiger charge is -2.08. The lowest BCUT2D eigenvalue weighted by molar-refractivity contribution is -0.116. The number of aromatic nitrogens is 3. The number of rotatable bonds is 9. The fourth-order valence-electron chi connectivity index (χ4n) is 3.48. The Hall–Kier alpha value is -3.85. The van der Waals surface area contributed by atoms with Crippen molar-refractivity contribution in [1.29, 1.82) is 0 Å². The van der Waals surface area contributed by atoms with Crippen LogP contribution in [0.2, 0.25) is 0 Å². The molecule has 0 aliphatic carbocycles. The molecule has 0 saturated heterocycles. The van der Waals surface area contributed by atoms with Crippen molar-refractivity contribution >= 4 is 23.1 Å². The molecule has 1 amide bonds. The van der Waals surface area contributed by atoms with Crippen molar-refractivity contribution in [3.05, 3.63) is 65.2 Å². The van der Waals surface area contributed by atoms with Crippen molar-refractivity contribution < 1.29 is 19.0 Å². The highest BCUT2D eigenvalue weighted by molar-refractivity contribution is 7.12. The highest BCUT2D eigenvalue weighted by Crippen LogP contribution is 2.33. The SMILES string of the molecule is COc1ccc(CCC(=O)Nc2cc(C)nn2-c2nc(-c3ccc(OC)c(OC)c3)cs2)cc1. The van der Waals surface area contributed by atoms with Crippen LogP contribution in [0, 0.1) is 6.92 Å². The van der Waals surface area contributed by atoms with E-state index in [1.807, 2.05) is 60.8 Å². The molecule has 0 aliphatic heterocycles. The second-order valence-corrected chi connectivity index (χ2v) is 8.40.